The van der Waals surface area contributed by atoms with Crippen LogP contribution in [0.15, 0.2) is 53.1 Å². The number of likely N-dealkylation sites (tertiary alicyclic amines) is 1. The molecule has 1 amide bonds. The SMILES string of the molecule is O=C(CSc1nc2ccccc2[nH]1)N/C=C\CCOc1csc(CN2CCCC2)c1. The minimum absolute atomic E-state index is 0.0537. The van der Waals surface area contributed by atoms with E-state index in [9.17, 15) is 4.79 Å². The first-order valence-corrected chi connectivity index (χ1v) is 12.1. The summed E-state index contributed by atoms with van der Waals surface area (Å²) in [5.41, 5.74) is 1.89. The summed E-state index contributed by atoms with van der Waals surface area (Å²) in [5, 5.41) is 5.62. The number of nitrogens with one attached hydrogen (secondary N) is 2. The normalized spacial score (nSPS) is 14.7. The lowest BCUT2D eigenvalue weighted by atomic mass is 10.3. The number of imidazole rings is 1. The van der Waals surface area contributed by atoms with Crippen molar-refractivity contribution >= 4 is 40.0 Å². The first-order chi connectivity index (χ1) is 14.8. The Hall–Kier alpha value is -2.29. The van der Waals surface area contributed by atoms with Gasteiger partial charge in [-0.2, -0.15) is 0 Å². The molecule has 1 aliphatic heterocycles. The van der Waals surface area contributed by atoms with Crippen molar-refractivity contribution in [3.8, 4) is 5.75 Å². The second kappa shape index (κ2) is 10.7. The van der Waals surface area contributed by atoms with Crippen LogP contribution in [0.25, 0.3) is 11.0 Å². The molecule has 0 unspecified atom stereocenters. The number of aromatic nitrogens is 2. The fourth-order valence-corrected chi connectivity index (χ4v) is 4.87. The lowest BCUT2D eigenvalue weighted by molar-refractivity contribution is -0.117. The molecule has 6 nitrogen and oxygen atoms in total. The molecule has 3 aromatic rings. The molecule has 0 radical (unpaired) electrons. The summed E-state index contributed by atoms with van der Waals surface area (Å²) in [6.45, 7) is 4.05. The quantitative estimate of drug-likeness (QED) is 0.359. The summed E-state index contributed by atoms with van der Waals surface area (Å²) in [6.07, 6.45) is 6.99. The largest absolute Gasteiger partial charge is 0.492 e. The Labute approximate surface area is 184 Å². The van der Waals surface area contributed by atoms with Crippen LogP contribution in [-0.4, -0.2) is 46.2 Å². The molecule has 2 aromatic heterocycles. The Kier molecular flexibility index (Phi) is 7.44. The van der Waals surface area contributed by atoms with Crippen molar-refractivity contribution in [1.82, 2.24) is 20.2 Å². The van der Waals surface area contributed by atoms with Gasteiger partial charge < -0.3 is 15.0 Å². The van der Waals surface area contributed by atoms with E-state index >= 15 is 0 Å². The number of amides is 1. The van der Waals surface area contributed by atoms with Crippen LogP contribution in [0.2, 0.25) is 0 Å². The molecule has 0 saturated carbocycles. The lowest BCUT2D eigenvalue weighted by Gasteiger charge is -2.12. The summed E-state index contributed by atoms with van der Waals surface area (Å²) in [4.78, 5) is 23.5. The number of carbonyl (C=O) groups excluding carboxylic acids is 1. The van der Waals surface area contributed by atoms with Gasteiger partial charge in [0.1, 0.15) is 5.75 Å². The zero-order valence-corrected chi connectivity index (χ0v) is 18.4. The second-order valence-electron chi connectivity index (χ2n) is 7.19. The number of carbonyl (C=O) groups is 1. The first kappa shape index (κ1) is 21.0. The third-order valence-corrected chi connectivity index (χ3v) is 6.60. The van der Waals surface area contributed by atoms with Crippen LogP contribution in [0.3, 0.4) is 0 Å². The van der Waals surface area contributed by atoms with Crippen molar-refractivity contribution in [3.63, 3.8) is 0 Å². The predicted molar refractivity (Wildman–Crippen MR) is 123 cm³/mol. The van der Waals surface area contributed by atoms with E-state index in [1.807, 2.05) is 30.3 Å². The molecule has 30 heavy (non-hydrogen) atoms. The third kappa shape index (κ3) is 6.10. The van der Waals surface area contributed by atoms with Crippen LogP contribution in [0.5, 0.6) is 5.75 Å². The molecule has 1 saturated heterocycles. The number of aromatic amines is 1. The number of hydrogen-bond acceptors (Lipinski definition) is 6. The van der Waals surface area contributed by atoms with Gasteiger partial charge in [-0.05, 0) is 50.3 Å². The van der Waals surface area contributed by atoms with Gasteiger partial charge in [0.15, 0.2) is 5.16 Å². The van der Waals surface area contributed by atoms with Crippen LogP contribution in [0, 0.1) is 0 Å². The highest BCUT2D eigenvalue weighted by Crippen LogP contribution is 2.24. The van der Waals surface area contributed by atoms with Crippen molar-refractivity contribution < 1.29 is 9.53 Å². The second-order valence-corrected chi connectivity index (χ2v) is 9.15. The highest BCUT2D eigenvalue weighted by Gasteiger charge is 2.13. The van der Waals surface area contributed by atoms with E-state index in [1.165, 1.54) is 42.6 Å². The van der Waals surface area contributed by atoms with E-state index < -0.39 is 0 Å². The molecular weight excluding hydrogens is 416 g/mol. The number of H-pyrrole nitrogens is 1. The lowest BCUT2D eigenvalue weighted by Crippen LogP contribution is -2.19. The third-order valence-electron chi connectivity index (χ3n) is 4.83. The van der Waals surface area contributed by atoms with Crippen molar-refractivity contribution in [1.29, 1.82) is 0 Å². The molecule has 1 aliphatic rings. The zero-order valence-electron chi connectivity index (χ0n) is 16.8. The fourth-order valence-electron chi connectivity index (χ4n) is 3.33. The number of ether oxygens (including phenoxy) is 1. The Morgan fingerprint density at radius 3 is 3.07 bits per heavy atom. The number of hydrogen-bond donors (Lipinski definition) is 2. The molecule has 1 fully saturated rings. The van der Waals surface area contributed by atoms with Gasteiger partial charge in [-0.3, -0.25) is 9.69 Å². The van der Waals surface area contributed by atoms with Gasteiger partial charge in [-0.15, -0.1) is 11.3 Å². The van der Waals surface area contributed by atoms with Crippen molar-refractivity contribution in [2.45, 2.75) is 31.0 Å². The van der Waals surface area contributed by atoms with Crippen molar-refractivity contribution in [2.75, 3.05) is 25.4 Å². The molecule has 1 aromatic carbocycles. The molecule has 158 valence electrons. The number of benzene rings is 1. The number of thiophene rings is 1. The molecule has 0 spiro atoms. The van der Waals surface area contributed by atoms with Gasteiger partial charge in [0, 0.05) is 23.2 Å². The number of rotatable bonds is 10. The van der Waals surface area contributed by atoms with Gasteiger partial charge in [-0.1, -0.05) is 30.0 Å². The van der Waals surface area contributed by atoms with E-state index in [2.05, 4.69) is 31.6 Å². The highest BCUT2D eigenvalue weighted by molar-refractivity contribution is 7.99. The topological polar surface area (TPSA) is 70.2 Å². The van der Waals surface area contributed by atoms with Crippen LogP contribution < -0.4 is 10.1 Å². The molecule has 8 heteroatoms. The summed E-state index contributed by atoms with van der Waals surface area (Å²) in [7, 11) is 0. The minimum atomic E-state index is -0.0537. The molecule has 3 heterocycles. The minimum Gasteiger partial charge on any atom is -0.492 e. The van der Waals surface area contributed by atoms with E-state index in [-0.39, 0.29) is 5.91 Å². The Balaban J connectivity index is 1.10. The number of thioether (sulfide) groups is 1. The molecular formula is C22H26N4O2S2. The van der Waals surface area contributed by atoms with E-state index in [0.29, 0.717) is 12.4 Å². The van der Waals surface area contributed by atoms with E-state index in [1.54, 1.807) is 17.5 Å². The monoisotopic (exact) mass is 442 g/mol. The van der Waals surface area contributed by atoms with Crippen LogP contribution in [-0.2, 0) is 11.3 Å². The summed E-state index contributed by atoms with van der Waals surface area (Å²) in [5.74, 6) is 1.20. The molecule has 2 N–H and O–H groups in total. The van der Waals surface area contributed by atoms with Crippen molar-refractivity contribution in [3.05, 3.63) is 52.9 Å². The highest BCUT2D eigenvalue weighted by atomic mass is 32.2. The standard InChI is InChI=1S/C22H26N4O2S2/c27-21(16-30-22-24-19-7-1-2-8-20(19)25-22)23-9-3-6-12-28-17-13-18(29-15-17)14-26-10-4-5-11-26/h1-3,7-9,13,15H,4-6,10-12,14,16H2,(H,23,27)(H,24,25)/b9-3-. The van der Waals surface area contributed by atoms with Gasteiger partial charge in [0.25, 0.3) is 0 Å². The summed E-state index contributed by atoms with van der Waals surface area (Å²) in [6, 6.07) is 9.98. The number of nitrogens with zero attached hydrogens (tertiary/aromatic N) is 2. The van der Waals surface area contributed by atoms with Crippen LogP contribution in [0.4, 0.5) is 0 Å². The Bertz CT molecular complexity index is 959. The molecule has 0 bridgehead atoms. The van der Waals surface area contributed by atoms with Crippen LogP contribution >= 0.6 is 23.1 Å². The van der Waals surface area contributed by atoms with E-state index in [4.69, 9.17) is 4.74 Å². The maximum Gasteiger partial charge on any atom is 0.234 e. The van der Waals surface area contributed by atoms with E-state index in [0.717, 1.165) is 34.9 Å². The Morgan fingerprint density at radius 1 is 1.33 bits per heavy atom. The average Bonchev–Trinajstić information content (AvgIpc) is 3.50. The molecule has 4 rings (SSSR count). The maximum atomic E-state index is 12.0. The zero-order chi connectivity index (χ0) is 20.6. The van der Waals surface area contributed by atoms with Crippen molar-refractivity contribution in [2.24, 2.45) is 0 Å². The van der Waals surface area contributed by atoms with Crippen LogP contribution in [0.1, 0.15) is 24.1 Å². The number of para-hydroxylation sites is 2. The number of fused-ring (bicyclic) bond motifs is 1. The Morgan fingerprint density at radius 2 is 2.20 bits per heavy atom. The average molecular weight is 443 g/mol. The maximum absolute atomic E-state index is 12.0. The molecule has 0 aliphatic carbocycles. The predicted octanol–water partition coefficient (Wildman–Crippen LogP) is 4.41. The summed E-state index contributed by atoms with van der Waals surface area (Å²) >= 11 is 3.16. The van der Waals surface area contributed by atoms with Gasteiger partial charge in [0.2, 0.25) is 5.91 Å². The smallest absolute Gasteiger partial charge is 0.234 e. The van der Waals surface area contributed by atoms with Gasteiger partial charge in [-0.25, -0.2) is 4.98 Å². The fraction of sp³-hybridized carbons (Fsp3) is 0.364. The first-order valence-electron chi connectivity index (χ1n) is 10.2. The molecule has 0 atom stereocenters. The summed E-state index contributed by atoms with van der Waals surface area (Å²) < 4.78 is 5.80. The van der Waals surface area contributed by atoms with Gasteiger partial charge in [0.05, 0.1) is 23.4 Å². The van der Waals surface area contributed by atoms with Gasteiger partial charge >= 0.3 is 0 Å².